The summed E-state index contributed by atoms with van der Waals surface area (Å²) in [5.41, 5.74) is 8.28. The van der Waals surface area contributed by atoms with E-state index in [0.29, 0.717) is 5.58 Å². The quantitative estimate of drug-likeness (QED) is 0.911. The van der Waals surface area contributed by atoms with Crippen LogP contribution < -0.4 is 16.4 Å². The number of fused-ring (bicyclic) bond motifs is 1. The fraction of sp³-hybridized carbons (Fsp3) is 0.500. The van der Waals surface area contributed by atoms with Crippen LogP contribution in [0.5, 0.6) is 0 Å². The Morgan fingerprint density at radius 2 is 2.11 bits per heavy atom. The maximum absolute atomic E-state index is 11.4. The molecule has 0 aliphatic rings. The number of nitrogens with two attached hydrogens (primary N) is 1. The monoisotopic (exact) mass is 263 g/mol. The van der Waals surface area contributed by atoms with Crippen molar-refractivity contribution < 1.29 is 4.42 Å². The molecule has 0 radical (unpaired) electrons. The molecule has 5 nitrogen and oxygen atoms in total. The van der Waals surface area contributed by atoms with Crippen molar-refractivity contribution in [1.82, 2.24) is 4.57 Å². The van der Waals surface area contributed by atoms with Gasteiger partial charge < -0.3 is 15.1 Å². The molecule has 19 heavy (non-hydrogen) atoms. The Bertz CT molecular complexity index is 634. The zero-order valence-corrected chi connectivity index (χ0v) is 11.9. The Hall–Kier alpha value is -1.75. The van der Waals surface area contributed by atoms with Gasteiger partial charge in [-0.1, -0.05) is 0 Å². The van der Waals surface area contributed by atoms with E-state index in [-0.39, 0.29) is 11.3 Å². The van der Waals surface area contributed by atoms with Crippen LogP contribution in [0.4, 0.5) is 5.69 Å². The molecular weight excluding hydrogens is 242 g/mol. The minimum Gasteiger partial charge on any atom is -0.408 e. The smallest absolute Gasteiger partial charge is 0.408 e. The van der Waals surface area contributed by atoms with Crippen LogP contribution >= 0.6 is 0 Å². The molecule has 0 saturated carbocycles. The summed E-state index contributed by atoms with van der Waals surface area (Å²) in [6.45, 7) is 4.90. The Labute approximate surface area is 112 Å². The van der Waals surface area contributed by atoms with Gasteiger partial charge in [-0.05, 0) is 38.5 Å². The van der Waals surface area contributed by atoms with E-state index in [1.807, 2.05) is 39.1 Å². The molecule has 0 fully saturated rings. The van der Waals surface area contributed by atoms with E-state index in [9.17, 15) is 4.79 Å². The van der Waals surface area contributed by atoms with Crippen LogP contribution in [-0.4, -0.2) is 23.7 Å². The van der Waals surface area contributed by atoms with Gasteiger partial charge in [0.2, 0.25) is 0 Å². The summed E-state index contributed by atoms with van der Waals surface area (Å²) in [7, 11) is 3.73. The minimum atomic E-state index is -0.335. The van der Waals surface area contributed by atoms with E-state index in [4.69, 9.17) is 10.2 Å². The molecule has 1 heterocycles. The number of benzene rings is 1. The highest BCUT2D eigenvalue weighted by Gasteiger charge is 2.13. The standard InChI is InChI=1S/C14H21N3O2/c1-14(2,15)7-8-16(3)10-5-6-12-11(9-10)17(4)13(18)19-12/h5-6,9H,7-8,15H2,1-4H3. The number of aromatic nitrogens is 1. The molecule has 5 heteroatoms. The van der Waals surface area contributed by atoms with Crippen molar-refractivity contribution in [2.75, 3.05) is 18.5 Å². The topological polar surface area (TPSA) is 64.4 Å². The van der Waals surface area contributed by atoms with E-state index in [0.717, 1.165) is 24.2 Å². The first kappa shape index (κ1) is 13.7. The normalized spacial score (nSPS) is 12.1. The third kappa shape index (κ3) is 2.98. The van der Waals surface area contributed by atoms with Crippen LogP contribution in [0.1, 0.15) is 20.3 Å². The van der Waals surface area contributed by atoms with Gasteiger partial charge in [-0.15, -0.1) is 0 Å². The first-order chi connectivity index (χ1) is 8.78. The fourth-order valence-corrected chi connectivity index (χ4v) is 1.94. The van der Waals surface area contributed by atoms with Crippen LogP contribution in [0.3, 0.4) is 0 Å². The highest BCUT2D eigenvalue weighted by atomic mass is 16.4. The highest BCUT2D eigenvalue weighted by Crippen LogP contribution is 2.21. The Balaban J connectivity index is 2.25. The highest BCUT2D eigenvalue weighted by molar-refractivity contribution is 5.77. The van der Waals surface area contributed by atoms with Gasteiger partial charge in [0.15, 0.2) is 5.58 Å². The lowest BCUT2D eigenvalue weighted by Crippen LogP contribution is -2.36. The van der Waals surface area contributed by atoms with Crippen molar-refractivity contribution in [2.45, 2.75) is 25.8 Å². The summed E-state index contributed by atoms with van der Waals surface area (Å²) in [5.74, 6) is -0.335. The molecule has 2 aromatic rings. The van der Waals surface area contributed by atoms with Gasteiger partial charge in [0.25, 0.3) is 0 Å². The van der Waals surface area contributed by atoms with E-state index < -0.39 is 0 Å². The molecule has 2 rings (SSSR count). The number of aryl methyl sites for hydroxylation is 1. The molecule has 1 aromatic heterocycles. The summed E-state index contributed by atoms with van der Waals surface area (Å²) in [5, 5.41) is 0. The SMILES string of the molecule is CN(CCC(C)(C)N)c1ccc2oc(=O)n(C)c2c1. The molecule has 1 aromatic carbocycles. The van der Waals surface area contributed by atoms with Gasteiger partial charge in [-0.3, -0.25) is 4.57 Å². The molecule has 0 spiro atoms. The van der Waals surface area contributed by atoms with Gasteiger partial charge in [-0.2, -0.15) is 0 Å². The van der Waals surface area contributed by atoms with E-state index in [1.54, 1.807) is 7.05 Å². The lowest BCUT2D eigenvalue weighted by atomic mass is 10.0. The van der Waals surface area contributed by atoms with Gasteiger partial charge in [0, 0.05) is 31.9 Å². The summed E-state index contributed by atoms with van der Waals surface area (Å²) >= 11 is 0. The van der Waals surface area contributed by atoms with Crippen molar-refractivity contribution in [3.8, 4) is 0 Å². The summed E-state index contributed by atoms with van der Waals surface area (Å²) in [6, 6.07) is 5.74. The predicted molar refractivity (Wildman–Crippen MR) is 77.6 cm³/mol. The minimum absolute atomic E-state index is 0.180. The molecule has 0 saturated heterocycles. The first-order valence-electron chi connectivity index (χ1n) is 6.37. The lowest BCUT2D eigenvalue weighted by molar-refractivity contribution is 0.479. The third-order valence-corrected chi connectivity index (χ3v) is 3.31. The number of rotatable bonds is 4. The molecule has 0 amide bonds. The van der Waals surface area contributed by atoms with Crippen LogP contribution in [-0.2, 0) is 7.05 Å². The zero-order chi connectivity index (χ0) is 14.2. The second kappa shape index (κ2) is 4.74. The molecular formula is C14H21N3O2. The number of nitrogens with zero attached hydrogens (tertiary/aromatic N) is 2. The number of anilines is 1. The lowest BCUT2D eigenvalue weighted by Gasteiger charge is -2.25. The van der Waals surface area contributed by atoms with Crippen molar-refractivity contribution >= 4 is 16.8 Å². The van der Waals surface area contributed by atoms with Gasteiger partial charge >= 0.3 is 5.76 Å². The van der Waals surface area contributed by atoms with Crippen LogP contribution in [0.2, 0.25) is 0 Å². The molecule has 0 aliphatic carbocycles. The van der Waals surface area contributed by atoms with Crippen molar-refractivity contribution in [1.29, 1.82) is 0 Å². The first-order valence-corrected chi connectivity index (χ1v) is 6.37. The van der Waals surface area contributed by atoms with E-state index in [2.05, 4.69) is 4.90 Å². The van der Waals surface area contributed by atoms with Gasteiger partial charge in [0.05, 0.1) is 5.52 Å². The molecule has 104 valence electrons. The fourth-order valence-electron chi connectivity index (χ4n) is 1.94. The number of hydrogen-bond acceptors (Lipinski definition) is 4. The summed E-state index contributed by atoms with van der Waals surface area (Å²) in [4.78, 5) is 13.6. The second-order valence-electron chi connectivity index (χ2n) is 5.74. The molecule has 0 aliphatic heterocycles. The van der Waals surface area contributed by atoms with Gasteiger partial charge in [0.1, 0.15) is 0 Å². The van der Waals surface area contributed by atoms with Crippen LogP contribution in [0.15, 0.2) is 27.4 Å². The van der Waals surface area contributed by atoms with Crippen molar-refractivity contribution in [3.63, 3.8) is 0 Å². The maximum Gasteiger partial charge on any atom is 0.419 e. The van der Waals surface area contributed by atoms with Crippen LogP contribution in [0, 0.1) is 0 Å². The Morgan fingerprint density at radius 1 is 1.42 bits per heavy atom. The Kier molecular flexibility index (Phi) is 3.41. The maximum atomic E-state index is 11.4. The van der Waals surface area contributed by atoms with Crippen LogP contribution in [0.25, 0.3) is 11.1 Å². The number of hydrogen-bond donors (Lipinski definition) is 1. The van der Waals surface area contributed by atoms with Crippen molar-refractivity contribution in [3.05, 3.63) is 28.7 Å². The average Bonchev–Trinajstić information content (AvgIpc) is 2.61. The predicted octanol–water partition coefficient (Wildman–Crippen LogP) is 1.70. The molecule has 0 bridgehead atoms. The third-order valence-electron chi connectivity index (χ3n) is 3.31. The van der Waals surface area contributed by atoms with Crippen molar-refractivity contribution in [2.24, 2.45) is 12.8 Å². The second-order valence-corrected chi connectivity index (χ2v) is 5.74. The number of oxazole rings is 1. The largest absolute Gasteiger partial charge is 0.419 e. The summed E-state index contributed by atoms with van der Waals surface area (Å²) in [6.07, 6.45) is 0.895. The Morgan fingerprint density at radius 3 is 2.74 bits per heavy atom. The van der Waals surface area contributed by atoms with E-state index >= 15 is 0 Å². The van der Waals surface area contributed by atoms with E-state index in [1.165, 1.54) is 4.57 Å². The summed E-state index contributed by atoms with van der Waals surface area (Å²) < 4.78 is 6.63. The molecule has 0 unspecified atom stereocenters. The average molecular weight is 263 g/mol. The van der Waals surface area contributed by atoms with Gasteiger partial charge in [-0.25, -0.2) is 4.79 Å². The zero-order valence-electron chi connectivity index (χ0n) is 11.9. The molecule has 0 atom stereocenters. The molecule has 2 N–H and O–H groups in total.